The standard InChI is InChI=1S/C24H18FNO4S/c25-22-19(16-10-11-16)13-12-17-14-20(30-23(17)22)24(27)26-31(28,29)21-9-5-4-8-18(21)15-6-2-1-3-7-15/h1-9,12-14,16H,10-11H2,(H,26,27). The molecule has 1 fully saturated rings. The minimum Gasteiger partial charge on any atom is -0.448 e. The van der Waals surface area contributed by atoms with Crippen LogP contribution in [0.15, 0.2) is 82.1 Å². The fourth-order valence-electron chi connectivity index (χ4n) is 3.69. The summed E-state index contributed by atoms with van der Waals surface area (Å²) in [7, 11) is -4.20. The molecular weight excluding hydrogens is 417 g/mol. The summed E-state index contributed by atoms with van der Waals surface area (Å²) in [6.07, 6.45) is 1.85. The number of amides is 1. The fourth-order valence-corrected chi connectivity index (χ4v) is 4.88. The zero-order valence-electron chi connectivity index (χ0n) is 16.3. The van der Waals surface area contributed by atoms with E-state index in [0.29, 0.717) is 22.1 Å². The molecule has 0 saturated heterocycles. The van der Waals surface area contributed by atoms with Gasteiger partial charge in [-0.05, 0) is 42.0 Å². The average Bonchev–Trinajstić information content (AvgIpc) is 3.51. The number of hydrogen-bond acceptors (Lipinski definition) is 4. The van der Waals surface area contributed by atoms with Crippen LogP contribution in [0, 0.1) is 5.82 Å². The Morgan fingerprint density at radius 1 is 0.968 bits per heavy atom. The first-order chi connectivity index (χ1) is 14.9. The van der Waals surface area contributed by atoms with Crippen molar-refractivity contribution in [2.45, 2.75) is 23.7 Å². The van der Waals surface area contributed by atoms with Crippen molar-refractivity contribution >= 4 is 26.9 Å². The van der Waals surface area contributed by atoms with Crippen LogP contribution in [0.2, 0.25) is 0 Å². The van der Waals surface area contributed by atoms with Crippen molar-refractivity contribution in [2.75, 3.05) is 0 Å². The van der Waals surface area contributed by atoms with E-state index in [4.69, 9.17) is 4.42 Å². The second-order valence-corrected chi connectivity index (χ2v) is 9.22. The molecule has 0 spiro atoms. The van der Waals surface area contributed by atoms with Crippen molar-refractivity contribution in [3.05, 3.63) is 89.9 Å². The van der Waals surface area contributed by atoms with Gasteiger partial charge in [0.15, 0.2) is 17.2 Å². The number of hydrogen-bond donors (Lipinski definition) is 1. The van der Waals surface area contributed by atoms with Gasteiger partial charge in [-0.15, -0.1) is 0 Å². The smallest absolute Gasteiger partial charge is 0.300 e. The zero-order valence-corrected chi connectivity index (χ0v) is 17.2. The van der Waals surface area contributed by atoms with E-state index in [0.717, 1.165) is 12.8 Å². The molecule has 1 saturated carbocycles. The molecule has 3 aromatic carbocycles. The van der Waals surface area contributed by atoms with Gasteiger partial charge < -0.3 is 4.42 Å². The highest BCUT2D eigenvalue weighted by Crippen LogP contribution is 2.43. The molecule has 1 aromatic heterocycles. The molecule has 1 N–H and O–H groups in total. The van der Waals surface area contributed by atoms with Gasteiger partial charge in [-0.2, -0.15) is 0 Å². The van der Waals surface area contributed by atoms with E-state index >= 15 is 0 Å². The van der Waals surface area contributed by atoms with Gasteiger partial charge in [0.2, 0.25) is 0 Å². The lowest BCUT2D eigenvalue weighted by molar-refractivity contribution is 0.0956. The Morgan fingerprint density at radius 2 is 1.68 bits per heavy atom. The molecule has 0 aliphatic heterocycles. The van der Waals surface area contributed by atoms with Gasteiger partial charge in [-0.25, -0.2) is 17.5 Å². The third kappa shape index (κ3) is 3.61. The summed E-state index contributed by atoms with van der Waals surface area (Å²) in [6.45, 7) is 0. The quantitative estimate of drug-likeness (QED) is 0.465. The maximum atomic E-state index is 14.7. The molecule has 156 valence electrons. The van der Waals surface area contributed by atoms with Gasteiger partial charge in [0.25, 0.3) is 10.0 Å². The lowest BCUT2D eigenvalue weighted by Gasteiger charge is -2.11. The number of carbonyl (C=O) groups excluding carboxylic acids is 1. The van der Waals surface area contributed by atoms with Crippen LogP contribution in [-0.2, 0) is 10.0 Å². The van der Waals surface area contributed by atoms with Crippen molar-refractivity contribution in [3.63, 3.8) is 0 Å². The van der Waals surface area contributed by atoms with E-state index in [1.807, 2.05) is 10.8 Å². The van der Waals surface area contributed by atoms with Crippen molar-refractivity contribution in [2.24, 2.45) is 0 Å². The zero-order chi connectivity index (χ0) is 21.6. The number of fused-ring (bicyclic) bond motifs is 1. The van der Waals surface area contributed by atoms with Crippen molar-refractivity contribution in [3.8, 4) is 11.1 Å². The van der Waals surface area contributed by atoms with Crippen LogP contribution in [-0.4, -0.2) is 14.3 Å². The number of rotatable bonds is 5. The molecule has 0 bridgehead atoms. The maximum absolute atomic E-state index is 14.7. The van der Waals surface area contributed by atoms with Gasteiger partial charge in [0.1, 0.15) is 0 Å². The topological polar surface area (TPSA) is 76.4 Å². The number of carbonyl (C=O) groups is 1. The van der Waals surface area contributed by atoms with E-state index in [2.05, 4.69) is 0 Å². The summed E-state index contributed by atoms with van der Waals surface area (Å²) < 4.78 is 48.2. The molecule has 1 aliphatic carbocycles. The van der Waals surface area contributed by atoms with E-state index in [-0.39, 0.29) is 22.2 Å². The highest BCUT2D eigenvalue weighted by molar-refractivity contribution is 7.90. The summed E-state index contributed by atoms with van der Waals surface area (Å²) in [6, 6.07) is 20.1. The highest BCUT2D eigenvalue weighted by atomic mass is 32.2. The SMILES string of the molecule is O=C(NS(=O)(=O)c1ccccc1-c1ccccc1)c1cc2ccc(C3CC3)c(F)c2o1. The molecule has 5 nitrogen and oxygen atoms in total. The number of sulfonamides is 1. The molecule has 5 rings (SSSR count). The Hall–Kier alpha value is -3.45. The molecule has 0 unspecified atom stereocenters. The second kappa shape index (κ2) is 7.35. The number of nitrogens with one attached hydrogen (secondary N) is 1. The lowest BCUT2D eigenvalue weighted by atomic mass is 10.1. The lowest BCUT2D eigenvalue weighted by Crippen LogP contribution is -2.30. The molecule has 7 heteroatoms. The second-order valence-electron chi connectivity index (χ2n) is 7.57. The monoisotopic (exact) mass is 435 g/mol. The molecule has 1 heterocycles. The van der Waals surface area contributed by atoms with Crippen LogP contribution in [0.25, 0.3) is 22.1 Å². The Labute approximate surface area is 178 Å². The highest BCUT2D eigenvalue weighted by Gasteiger charge is 2.29. The molecule has 1 aliphatic rings. The van der Waals surface area contributed by atoms with Crippen LogP contribution >= 0.6 is 0 Å². The van der Waals surface area contributed by atoms with Crippen LogP contribution in [0.1, 0.15) is 34.9 Å². The summed E-state index contributed by atoms with van der Waals surface area (Å²) in [5.41, 5.74) is 1.71. The number of furan rings is 1. The molecular formula is C24H18FNO4S. The van der Waals surface area contributed by atoms with Gasteiger partial charge >= 0.3 is 5.91 Å². The van der Waals surface area contributed by atoms with Gasteiger partial charge in [-0.3, -0.25) is 4.79 Å². The maximum Gasteiger partial charge on any atom is 0.300 e. The molecule has 4 aromatic rings. The van der Waals surface area contributed by atoms with Crippen molar-refractivity contribution < 1.29 is 22.0 Å². The van der Waals surface area contributed by atoms with E-state index in [1.54, 1.807) is 54.6 Å². The Morgan fingerprint density at radius 3 is 2.42 bits per heavy atom. The predicted octanol–water partition coefficient (Wildman–Crippen LogP) is 5.24. The first-order valence-corrected chi connectivity index (χ1v) is 11.4. The molecule has 0 atom stereocenters. The minimum absolute atomic E-state index is 0.0309. The van der Waals surface area contributed by atoms with Crippen molar-refractivity contribution in [1.29, 1.82) is 0 Å². The normalized spacial score (nSPS) is 14.0. The summed E-state index contributed by atoms with van der Waals surface area (Å²) >= 11 is 0. The Balaban J connectivity index is 1.48. The Bertz CT molecular complexity index is 1410. The first-order valence-electron chi connectivity index (χ1n) is 9.87. The van der Waals surface area contributed by atoms with Crippen LogP contribution in [0.3, 0.4) is 0 Å². The number of halogens is 1. The van der Waals surface area contributed by atoms with Crippen LogP contribution in [0.4, 0.5) is 4.39 Å². The van der Waals surface area contributed by atoms with E-state index < -0.39 is 21.7 Å². The van der Waals surface area contributed by atoms with Gasteiger partial charge in [0.05, 0.1) is 4.90 Å². The van der Waals surface area contributed by atoms with Gasteiger partial charge in [-0.1, -0.05) is 60.7 Å². The minimum atomic E-state index is -4.20. The van der Waals surface area contributed by atoms with Crippen LogP contribution in [0.5, 0.6) is 0 Å². The summed E-state index contributed by atoms with van der Waals surface area (Å²) in [5.74, 6) is -1.52. The Kier molecular flexibility index (Phi) is 4.63. The van der Waals surface area contributed by atoms with Gasteiger partial charge in [0, 0.05) is 10.9 Å². The summed E-state index contributed by atoms with van der Waals surface area (Å²) in [5, 5.41) is 0.411. The fraction of sp³-hybridized carbons (Fsp3) is 0.125. The third-order valence-electron chi connectivity index (χ3n) is 5.39. The van der Waals surface area contributed by atoms with Crippen LogP contribution < -0.4 is 4.72 Å². The number of benzene rings is 3. The van der Waals surface area contributed by atoms with E-state index in [9.17, 15) is 17.6 Å². The van der Waals surface area contributed by atoms with E-state index in [1.165, 1.54) is 12.1 Å². The first kappa shape index (κ1) is 19.5. The summed E-state index contributed by atoms with van der Waals surface area (Å²) in [4.78, 5) is 12.7. The molecule has 0 radical (unpaired) electrons. The molecule has 31 heavy (non-hydrogen) atoms. The third-order valence-corrected chi connectivity index (χ3v) is 6.77. The van der Waals surface area contributed by atoms with Crippen molar-refractivity contribution in [1.82, 2.24) is 4.72 Å². The largest absolute Gasteiger partial charge is 0.448 e. The average molecular weight is 435 g/mol. The predicted molar refractivity (Wildman–Crippen MR) is 115 cm³/mol. The molecule has 1 amide bonds.